The molecule has 2 N–H and O–H groups in total. The van der Waals surface area contributed by atoms with Crippen LogP contribution >= 0.6 is 0 Å². The maximum absolute atomic E-state index is 14.6. The Labute approximate surface area is 317 Å². The molecule has 10 nitrogen and oxygen atoms in total. The third-order valence-electron chi connectivity index (χ3n) is 9.76. The number of carbonyl (C=O) groups is 1. The maximum atomic E-state index is 14.6. The zero-order valence-corrected chi connectivity index (χ0v) is 31.9. The number of carboxylic acid groups (broad SMARTS) is 1. The molecule has 5 aromatic rings. The number of ether oxygens (including phenoxy) is 3. The van der Waals surface area contributed by atoms with Gasteiger partial charge in [-0.2, -0.15) is 4.31 Å². The summed E-state index contributed by atoms with van der Waals surface area (Å²) in [6.07, 6.45) is 4.74. The topological polar surface area (TPSA) is 135 Å². The molecular weight excluding hydrogens is 705 g/mol. The largest absolute Gasteiger partial charge is 0.497 e. The molecular formula is C43H46N2O8S. The highest BCUT2D eigenvalue weighted by atomic mass is 32.2. The van der Waals surface area contributed by atoms with E-state index in [1.807, 2.05) is 36.4 Å². The van der Waals surface area contributed by atoms with E-state index in [9.17, 15) is 23.4 Å². The minimum absolute atomic E-state index is 0.0573. The number of methoxy groups -OCH3 is 2. The van der Waals surface area contributed by atoms with Gasteiger partial charge >= 0.3 is 5.97 Å². The van der Waals surface area contributed by atoms with Gasteiger partial charge < -0.3 is 24.4 Å². The first kappa shape index (κ1) is 38.5. The Kier molecular flexibility index (Phi) is 11.7. The first-order valence-electron chi connectivity index (χ1n) is 17.9. The second-order valence-electron chi connectivity index (χ2n) is 14.0. The molecule has 4 aromatic carbocycles. The molecule has 0 unspecified atom stereocenters. The SMILES string of the molecule is COc1ccc(CN(Cc2ccc(OC)cc2)S(=O)(=O)c2cc(CCOc3cc(-c4ccc5c(c4CC(=O)O)CCC5)ccn3)cc(C(C)(C)O)c2)cc1. The van der Waals surface area contributed by atoms with Crippen molar-refractivity contribution in [2.75, 3.05) is 20.8 Å². The van der Waals surface area contributed by atoms with Crippen molar-refractivity contribution in [2.45, 2.75) is 69.5 Å². The van der Waals surface area contributed by atoms with Crippen LogP contribution in [0, 0.1) is 0 Å². The molecule has 6 rings (SSSR count). The average Bonchev–Trinajstić information content (AvgIpc) is 3.64. The summed E-state index contributed by atoms with van der Waals surface area (Å²) in [6, 6.07) is 27.2. The van der Waals surface area contributed by atoms with Crippen LogP contribution in [-0.4, -0.2) is 54.7 Å². The molecule has 0 saturated carbocycles. The van der Waals surface area contributed by atoms with Gasteiger partial charge in [0.15, 0.2) is 0 Å². The number of pyridine rings is 1. The molecule has 1 aliphatic rings. The molecule has 0 fully saturated rings. The highest BCUT2D eigenvalue weighted by molar-refractivity contribution is 7.89. The van der Waals surface area contributed by atoms with E-state index >= 15 is 0 Å². The highest BCUT2D eigenvalue weighted by Crippen LogP contribution is 2.35. The fourth-order valence-corrected chi connectivity index (χ4v) is 8.36. The van der Waals surface area contributed by atoms with Crippen molar-refractivity contribution < 1.29 is 37.6 Å². The van der Waals surface area contributed by atoms with Gasteiger partial charge in [-0.15, -0.1) is 0 Å². The van der Waals surface area contributed by atoms with Gasteiger partial charge in [-0.25, -0.2) is 13.4 Å². The van der Waals surface area contributed by atoms with Crippen molar-refractivity contribution in [3.05, 3.63) is 136 Å². The number of sulfonamides is 1. The molecule has 0 saturated heterocycles. The lowest BCUT2D eigenvalue weighted by atomic mass is 9.91. The van der Waals surface area contributed by atoms with Crippen LogP contribution < -0.4 is 14.2 Å². The number of hydrogen-bond acceptors (Lipinski definition) is 8. The lowest BCUT2D eigenvalue weighted by molar-refractivity contribution is -0.136. The van der Waals surface area contributed by atoms with Crippen LogP contribution in [0.15, 0.2) is 102 Å². The van der Waals surface area contributed by atoms with Crippen LogP contribution in [-0.2, 0) is 59.2 Å². The maximum Gasteiger partial charge on any atom is 0.307 e. The molecule has 54 heavy (non-hydrogen) atoms. The predicted molar refractivity (Wildman–Crippen MR) is 206 cm³/mol. The van der Waals surface area contributed by atoms with Crippen molar-refractivity contribution >= 4 is 16.0 Å². The zero-order valence-electron chi connectivity index (χ0n) is 31.0. The third-order valence-corrected chi connectivity index (χ3v) is 11.5. The van der Waals surface area contributed by atoms with Gasteiger partial charge in [-0.3, -0.25) is 4.79 Å². The molecule has 0 bridgehead atoms. The number of benzene rings is 4. The van der Waals surface area contributed by atoms with E-state index in [0.29, 0.717) is 34.9 Å². The van der Waals surface area contributed by atoms with Gasteiger partial charge in [0.2, 0.25) is 15.9 Å². The Morgan fingerprint density at radius 3 is 2.07 bits per heavy atom. The van der Waals surface area contributed by atoms with Gasteiger partial charge in [0, 0.05) is 31.8 Å². The minimum atomic E-state index is -4.10. The molecule has 0 amide bonds. The smallest absolute Gasteiger partial charge is 0.307 e. The van der Waals surface area contributed by atoms with E-state index in [1.165, 1.54) is 15.9 Å². The van der Waals surface area contributed by atoms with E-state index in [4.69, 9.17) is 14.2 Å². The number of hydrogen-bond donors (Lipinski definition) is 2. The molecule has 0 aliphatic heterocycles. The fraction of sp³-hybridized carbons (Fsp3) is 0.302. The predicted octanol–water partition coefficient (Wildman–Crippen LogP) is 7.12. The van der Waals surface area contributed by atoms with Gasteiger partial charge in [-0.05, 0) is 126 Å². The molecule has 1 aliphatic carbocycles. The van der Waals surface area contributed by atoms with E-state index in [-0.39, 0.29) is 31.0 Å². The average molecular weight is 751 g/mol. The number of nitrogens with zero attached hydrogens (tertiary/aromatic N) is 2. The number of aryl methyl sites for hydroxylation is 1. The molecule has 1 aromatic heterocycles. The van der Waals surface area contributed by atoms with Crippen molar-refractivity contribution in [2.24, 2.45) is 0 Å². The van der Waals surface area contributed by atoms with E-state index < -0.39 is 21.6 Å². The first-order chi connectivity index (χ1) is 25.8. The van der Waals surface area contributed by atoms with Crippen LogP contribution in [0.3, 0.4) is 0 Å². The summed E-state index contributed by atoms with van der Waals surface area (Å²) in [5.41, 5.74) is 6.20. The quantitative estimate of drug-likeness (QED) is 0.108. The number of fused-ring (bicyclic) bond motifs is 1. The monoisotopic (exact) mass is 750 g/mol. The summed E-state index contributed by atoms with van der Waals surface area (Å²) in [7, 11) is -0.941. The number of aromatic nitrogens is 1. The van der Waals surface area contributed by atoms with Crippen LogP contribution in [0.1, 0.15) is 59.2 Å². The minimum Gasteiger partial charge on any atom is -0.497 e. The summed E-state index contributed by atoms with van der Waals surface area (Å²) in [5, 5.41) is 20.8. The molecule has 11 heteroatoms. The first-order valence-corrected chi connectivity index (χ1v) is 19.4. The molecule has 0 atom stereocenters. The lowest BCUT2D eigenvalue weighted by Gasteiger charge is -2.25. The summed E-state index contributed by atoms with van der Waals surface area (Å²) in [4.78, 5) is 16.3. The van der Waals surface area contributed by atoms with E-state index in [0.717, 1.165) is 52.6 Å². The van der Waals surface area contributed by atoms with Crippen molar-refractivity contribution in [3.63, 3.8) is 0 Å². The Bertz CT molecular complexity index is 2160. The number of rotatable bonds is 16. The Morgan fingerprint density at radius 2 is 1.48 bits per heavy atom. The Hall–Kier alpha value is -5.23. The third kappa shape index (κ3) is 9.10. The van der Waals surface area contributed by atoms with E-state index in [2.05, 4.69) is 11.1 Å². The van der Waals surface area contributed by atoms with Gasteiger partial charge in [-0.1, -0.05) is 42.5 Å². The number of aliphatic hydroxyl groups is 1. The van der Waals surface area contributed by atoms with Crippen molar-refractivity contribution in [1.82, 2.24) is 9.29 Å². The summed E-state index contributed by atoms with van der Waals surface area (Å²) in [5.74, 6) is 0.828. The van der Waals surface area contributed by atoms with Gasteiger partial charge in [0.25, 0.3) is 0 Å². The van der Waals surface area contributed by atoms with Gasteiger partial charge in [0.05, 0.1) is 37.7 Å². The van der Waals surface area contributed by atoms with Crippen LogP contribution in [0.4, 0.5) is 0 Å². The fourth-order valence-electron chi connectivity index (χ4n) is 6.85. The normalized spacial score (nSPS) is 12.8. The van der Waals surface area contributed by atoms with Crippen LogP contribution in [0.5, 0.6) is 17.4 Å². The lowest BCUT2D eigenvalue weighted by Crippen LogP contribution is -2.31. The summed E-state index contributed by atoms with van der Waals surface area (Å²) >= 11 is 0. The van der Waals surface area contributed by atoms with Crippen molar-refractivity contribution in [3.8, 4) is 28.5 Å². The second kappa shape index (κ2) is 16.4. The summed E-state index contributed by atoms with van der Waals surface area (Å²) in [6.45, 7) is 3.63. The second-order valence-corrected chi connectivity index (χ2v) is 16.0. The molecule has 0 radical (unpaired) electrons. The number of carboxylic acids is 1. The zero-order chi connectivity index (χ0) is 38.5. The molecule has 0 spiro atoms. The van der Waals surface area contributed by atoms with Gasteiger partial charge in [0.1, 0.15) is 11.5 Å². The summed E-state index contributed by atoms with van der Waals surface area (Å²) < 4.78 is 47.3. The van der Waals surface area contributed by atoms with Crippen LogP contribution in [0.2, 0.25) is 0 Å². The molecule has 1 heterocycles. The van der Waals surface area contributed by atoms with E-state index in [1.54, 1.807) is 76.7 Å². The highest BCUT2D eigenvalue weighted by Gasteiger charge is 2.28. The Morgan fingerprint density at radius 1 is 0.833 bits per heavy atom. The van der Waals surface area contributed by atoms with Crippen LogP contribution in [0.25, 0.3) is 11.1 Å². The Balaban J connectivity index is 1.26. The standard InChI is InChI=1S/C43H46N2O8S/c1-43(2,48)34-22-31(19-21-53-41-24-33(18-20-44-41)39-17-12-32-6-5-7-38(32)40(39)26-42(46)47)23-37(25-34)54(49,50)45(27-29-8-13-35(51-3)14-9-29)28-30-10-15-36(52-4)16-11-30/h8-18,20,22-25,48H,5-7,19,21,26-28H2,1-4H3,(H,46,47). The van der Waals surface area contributed by atoms with Crippen molar-refractivity contribution in [1.29, 1.82) is 0 Å². The molecule has 282 valence electrons. The number of aliphatic carboxylic acids is 1.